The lowest BCUT2D eigenvalue weighted by atomic mass is 9.92. The van der Waals surface area contributed by atoms with Gasteiger partial charge in [-0.2, -0.15) is 0 Å². The average Bonchev–Trinajstić information content (AvgIpc) is 2.56. The molecule has 2 nitrogen and oxygen atoms in total. The standard InChI is InChI=1S/C19H23NO/c1-20-19(16-8-3-2-4-9-16)14-21-18-12-11-15-7-5-6-10-17(15)13-18/h2-4,8-9,11-13,19-20H,5-7,10,14H2,1H3. The Kier molecular flexibility index (Phi) is 4.56. The molecule has 1 atom stereocenters. The van der Waals surface area contributed by atoms with Crippen LogP contribution in [-0.4, -0.2) is 13.7 Å². The molecule has 0 aliphatic heterocycles. The number of fused-ring (bicyclic) bond motifs is 1. The van der Waals surface area contributed by atoms with Gasteiger partial charge >= 0.3 is 0 Å². The molecule has 0 saturated carbocycles. The summed E-state index contributed by atoms with van der Waals surface area (Å²) in [6.45, 7) is 0.652. The number of nitrogens with one attached hydrogen (secondary N) is 1. The Bertz CT molecular complexity index is 579. The van der Waals surface area contributed by atoms with Gasteiger partial charge < -0.3 is 10.1 Å². The maximum absolute atomic E-state index is 6.02. The highest BCUT2D eigenvalue weighted by atomic mass is 16.5. The summed E-state index contributed by atoms with van der Waals surface area (Å²) < 4.78 is 6.02. The summed E-state index contributed by atoms with van der Waals surface area (Å²) in [5, 5.41) is 3.33. The van der Waals surface area contributed by atoms with Gasteiger partial charge in [-0.1, -0.05) is 36.4 Å². The Labute approximate surface area is 127 Å². The van der Waals surface area contributed by atoms with Gasteiger partial charge in [0.05, 0.1) is 6.04 Å². The van der Waals surface area contributed by atoms with Crippen LogP contribution < -0.4 is 10.1 Å². The fraction of sp³-hybridized carbons (Fsp3) is 0.368. The van der Waals surface area contributed by atoms with Crippen molar-refractivity contribution in [2.45, 2.75) is 31.7 Å². The van der Waals surface area contributed by atoms with Crippen LogP contribution >= 0.6 is 0 Å². The van der Waals surface area contributed by atoms with Crippen molar-refractivity contribution in [1.82, 2.24) is 5.32 Å². The first-order valence-corrected chi connectivity index (χ1v) is 7.83. The Balaban J connectivity index is 1.66. The van der Waals surface area contributed by atoms with E-state index in [9.17, 15) is 0 Å². The van der Waals surface area contributed by atoms with Crippen LogP contribution in [-0.2, 0) is 12.8 Å². The molecule has 0 heterocycles. The Morgan fingerprint density at radius 1 is 1.00 bits per heavy atom. The van der Waals surface area contributed by atoms with Gasteiger partial charge in [-0.05, 0) is 61.6 Å². The van der Waals surface area contributed by atoms with Gasteiger partial charge in [-0.3, -0.25) is 0 Å². The first-order valence-electron chi connectivity index (χ1n) is 7.83. The maximum atomic E-state index is 6.02. The van der Waals surface area contributed by atoms with E-state index < -0.39 is 0 Å². The van der Waals surface area contributed by atoms with E-state index in [4.69, 9.17) is 4.74 Å². The smallest absolute Gasteiger partial charge is 0.119 e. The van der Waals surface area contributed by atoms with Crippen LogP contribution in [0.3, 0.4) is 0 Å². The molecule has 1 unspecified atom stereocenters. The molecule has 0 bridgehead atoms. The number of ether oxygens (including phenoxy) is 1. The van der Waals surface area contributed by atoms with E-state index >= 15 is 0 Å². The first kappa shape index (κ1) is 14.2. The van der Waals surface area contributed by atoms with Gasteiger partial charge in [-0.25, -0.2) is 0 Å². The summed E-state index contributed by atoms with van der Waals surface area (Å²) in [6.07, 6.45) is 5.04. The summed E-state index contributed by atoms with van der Waals surface area (Å²) in [5.41, 5.74) is 4.24. The summed E-state index contributed by atoms with van der Waals surface area (Å²) >= 11 is 0. The van der Waals surface area contributed by atoms with Gasteiger partial charge in [-0.15, -0.1) is 0 Å². The van der Waals surface area contributed by atoms with E-state index in [-0.39, 0.29) is 6.04 Å². The van der Waals surface area contributed by atoms with Gasteiger partial charge in [0.25, 0.3) is 0 Å². The molecule has 2 aromatic rings. The molecule has 1 aliphatic rings. The molecule has 0 spiro atoms. The highest BCUT2D eigenvalue weighted by molar-refractivity contribution is 5.37. The third-order valence-corrected chi connectivity index (χ3v) is 4.29. The van der Waals surface area contributed by atoms with Crippen LogP contribution in [0.2, 0.25) is 0 Å². The van der Waals surface area contributed by atoms with Crippen LogP contribution in [0.25, 0.3) is 0 Å². The molecule has 0 radical (unpaired) electrons. The van der Waals surface area contributed by atoms with E-state index in [0.717, 1.165) is 5.75 Å². The van der Waals surface area contributed by atoms with Crippen LogP contribution in [0.5, 0.6) is 5.75 Å². The lowest BCUT2D eigenvalue weighted by Gasteiger charge is -2.20. The fourth-order valence-corrected chi connectivity index (χ4v) is 3.01. The van der Waals surface area contributed by atoms with Gasteiger partial charge in [0.1, 0.15) is 12.4 Å². The molecule has 110 valence electrons. The average molecular weight is 281 g/mol. The van der Waals surface area contributed by atoms with Crippen molar-refractivity contribution >= 4 is 0 Å². The summed E-state index contributed by atoms with van der Waals surface area (Å²) in [6, 6.07) is 17.3. The Hall–Kier alpha value is -1.80. The predicted molar refractivity (Wildman–Crippen MR) is 86.8 cm³/mol. The zero-order valence-electron chi connectivity index (χ0n) is 12.6. The molecular formula is C19H23NO. The highest BCUT2D eigenvalue weighted by Gasteiger charge is 2.12. The van der Waals surface area contributed by atoms with Crippen LogP contribution in [0, 0.1) is 0 Å². The fourth-order valence-electron chi connectivity index (χ4n) is 3.01. The topological polar surface area (TPSA) is 21.3 Å². The largest absolute Gasteiger partial charge is 0.492 e. The molecule has 2 aromatic carbocycles. The lowest BCUT2D eigenvalue weighted by Crippen LogP contribution is -2.23. The van der Waals surface area contributed by atoms with E-state index in [1.165, 1.54) is 42.4 Å². The number of rotatable bonds is 5. The summed E-state index contributed by atoms with van der Waals surface area (Å²) in [7, 11) is 1.98. The summed E-state index contributed by atoms with van der Waals surface area (Å²) in [4.78, 5) is 0. The Morgan fingerprint density at radius 3 is 2.52 bits per heavy atom. The highest BCUT2D eigenvalue weighted by Crippen LogP contribution is 2.26. The third kappa shape index (κ3) is 3.45. The second-order valence-electron chi connectivity index (χ2n) is 5.70. The maximum Gasteiger partial charge on any atom is 0.119 e. The van der Waals surface area contributed by atoms with Crippen molar-refractivity contribution in [2.75, 3.05) is 13.7 Å². The van der Waals surface area contributed by atoms with Crippen molar-refractivity contribution in [2.24, 2.45) is 0 Å². The number of hydrogen-bond acceptors (Lipinski definition) is 2. The molecule has 3 rings (SSSR count). The predicted octanol–water partition coefficient (Wildman–Crippen LogP) is 3.90. The molecular weight excluding hydrogens is 258 g/mol. The molecule has 1 N–H and O–H groups in total. The van der Waals surface area contributed by atoms with Crippen LogP contribution in [0.1, 0.15) is 35.6 Å². The monoisotopic (exact) mass is 281 g/mol. The van der Waals surface area contributed by atoms with Crippen molar-refractivity contribution in [1.29, 1.82) is 0 Å². The van der Waals surface area contributed by atoms with Crippen molar-refractivity contribution in [3.63, 3.8) is 0 Å². The van der Waals surface area contributed by atoms with E-state index in [2.05, 4.69) is 47.8 Å². The molecule has 0 fully saturated rings. The number of hydrogen-bond donors (Lipinski definition) is 1. The van der Waals surface area contributed by atoms with Crippen molar-refractivity contribution in [3.8, 4) is 5.75 Å². The quantitative estimate of drug-likeness (QED) is 0.897. The van der Waals surface area contributed by atoms with Crippen LogP contribution in [0.4, 0.5) is 0 Å². The zero-order valence-corrected chi connectivity index (χ0v) is 12.6. The SMILES string of the molecule is CNC(COc1ccc2c(c1)CCCC2)c1ccccc1. The lowest BCUT2D eigenvalue weighted by molar-refractivity contribution is 0.272. The minimum absolute atomic E-state index is 0.224. The molecule has 0 saturated heterocycles. The second kappa shape index (κ2) is 6.77. The Morgan fingerprint density at radius 2 is 1.76 bits per heavy atom. The molecule has 1 aliphatic carbocycles. The molecule has 21 heavy (non-hydrogen) atoms. The zero-order chi connectivity index (χ0) is 14.5. The number of aryl methyl sites for hydroxylation is 2. The second-order valence-corrected chi connectivity index (χ2v) is 5.70. The normalized spacial score (nSPS) is 15.3. The number of benzene rings is 2. The van der Waals surface area contributed by atoms with Crippen molar-refractivity contribution in [3.05, 3.63) is 65.2 Å². The van der Waals surface area contributed by atoms with Crippen molar-refractivity contribution < 1.29 is 4.74 Å². The van der Waals surface area contributed by atoms with E-state index in [1.54, 1.807) is 0 Å². The number of likely N-dealkylation sites (N-methyl/N-ethyl adjacent to an activating group) is 1. The molecule has 2 heteroatoms. The summed E-state index contributed by atoms with van der Waals surface area (Å²) in [5.74, 6) is 0.992. The first-order chi connectivity index (χ1) is 10.4. The van der Waals surface area contributed by atoms with Gasteiger partial charge in [0.2, 0.25) is 0 Å². The van der Waals surface area contributed by atoms with E-state index in [1.807, 2.05) is 13.1 Å². The minimum atomic E-state index is 0.224. The minimum Gasteiger partial charge on any atom is -0.492 e. The van der Waals surface area contributed by atoms with Gasteiger partial charge in [0, 0.05) is 0 Å². The molecule has 0 aromatic heterocycles. The third-order valence-electron chi connectivity index (χ3n) is 4.29. The van der Waals surface area contributed by atoms with Crippen LogP contribution in [0.15, 0.2) is 48.5 Å². The van der Waals surface area contributed by atoms with Gasteiger partial charge in [0.15, 0.2) is 0 Å². The van der Waals surface area contributed by atoms with E-state index in [0.29, 0.717) is 6.61 Å². The molecule has 0 amide bonds.